The maximum absolute atomic E-state index is 11.3. The van der Waals surface area contributed by atoms with Crippen LogP contribution in [0.25, 0.3) is 0 Å². The summed E-state index contributed by atoms with van der Waals surface area (Å²) in [5, 5.41) is 27.7. The van der Waals surface area contributed by atoms with Gasteiger partial charge in [-0.25, -0.2) is 0 Å². The molecule has 6 nitrogen and oxygen atoms in total. The van der Waals surface area contributed by atoms with Crippen LogP contribution in [0.2, 0.25) is 0 Å². The highest BCUT2D eigenvalue weighted by molar-refractivity contribution is 5.78. The number of carboxylic acids is 3. The zero-order valence-electron chi connectivity index (χ0n) is 14.3. The van der Waals surface area contributed by atoms with Gasteiger partial charge in [-0.15, -0.1) is 0 Å². The number of rotatable bonds is 9. The smallest absolute Gasteiger partial charge is 0.307 e. The molecule has 0 heterocycles. The van der Waals surface area contributed by atoms with E-state index in [1.807, 2.05) is 20.8 Å². The van der Waals surface area contributed by atoms with Gasteiger partial charge in [0.05, 0.1) is 19.3 Å². The lowest BCUT2D eigenvalue weighted by molar-refractivity contribution is -0.137. The van der Waals surface area contributed by atoms with E-state index < -0.39 is 17.9 Å². The molecule has 1 aromatic rings. The number of carboxylic acid groups (broad SMARTS) is 3. The zero-order chi connectivity index (χ0) is 18.4. The van der Waals surface area contributed by atoms with Crippen molar-refractivity contribution in [1.29, 1.82) is 0 Å². The summed E-state index contributed by atoms with van der Waals surface area (Å²) in [6, 6.07) is 0. The van der Waals surface area contributed by atoms with E-state index in [2.05, 4.69) is 0 Å². The fourth-order valence-electron chi connectivity index (χ4n) is 3.47. The summed E-state index contributed by atoms with van der Waals surface area (Å²) in [5.74, 6) is -3.02. The third-order valence-electron chi connectivity index (χ3n) is 4.23. The van der Waals surface area contributed by atoms with Gasteiger partial charge in [0, 0.05) is 0 Å². The summed E-state index contributed by atoms with van der Waals surface area (Å²) in [6.45, 7) is 5.59. The minimum atomic E-state index is -1.01. The van der Waals surface area contributed by atoms with E-state index in [0.717, 1.165) is 16.7 Å². The molecule has 132 valence electrons. The van der Waals surface area contributed by atoms with Gasteiger partial charge in [-0.3, -0.25) is 14.4 Å². The van der Waals surface area contributed by atoms with Gasteiger partial charge in [-0.1, -0.05) is 20.8 Å². The van der Waals surface area contributed by atoms with E-state index >= 15 is 0 Å². The Morgan fingerprint density at radius 2 is 0.750 bits per heavy atom. The van der Waals surface area contributed by atoms with Gasteiger partial charge in [-0.05, 0) is 52.6 Å². The Kier molecular flexibility index (Phi) is 6.95. The van der Waals surface area contributed by atoms with Crippen LogP contribution in [-0.4, -0.2) is 33.2 Å². The molecule has 0 aliphatic rings. The van der Waals surface area contributed by atoms with Gasteiger partial charge in [0.15, 0.2) is 0 Å². The first-order chi connectivity index (χ1) is 11.3. The van der Waals surface area contributed by atoms with E-state index in [1.54, 1.807) is 0 Å². The number of benzene rings is 1. The second kappa shape index (κ2) is 8.47. The normalized spacial score (nSPS) is 10.6. The first kappa shape index (κ1) is 19.7. The Morgan fingerprint density at radius 1 is 0.542 bits per heavy atom. The maximum atomic E-state index is 11.3. The van der Waals surface area contributed by atoms with E-state index in [-0.39, 0.29) is 19.3 Å². The van der Waals surface area contributed by atoms with Gasteiger partial charge in [0.1, 0.15) is 0 Å². The van der Waals surface area contributed by atoms with Crippen LogP contribution in [0.3, 0.4) is 0 Å². The average Bonchev–Trinajstić information content (AvgIpc) is 2.46. The van der Waals surface area contributed by atoms with E-state index in [0.29, 0.717) is 36.0 Å². The molecule has 0 aromatic heterocycles. The first-order valence-electron chi connectivity index (χ1n) is 8.09. The van der Waals surface area contributed by atoms with E-state index in [9.17, 15) is 29.7 Å². The molecule has 0 saturated heterocycles. The van der Waals surface area contributed by atoms with Gasteiger partial charge < -0.3 is 15.3 Å². The summed E-state index contributed by atoms with van der Waals surface area (Å²) < 4.78 is 0. The van der Waals surface area contributed by atoms with Crippen LogP contribution in [0.1, 0.15) is 54.2 Å². The van der Waals surface area contributed by atoms with Crippen molar-refractivity contribution in [2.75, 3.05) is 0 Å². The second-order valence-electron chi connectivity index (χ2n) is 5.64. The van der Waals surface area contributed by atoms with Crippen molar-refractivity contribution in [1.82, 2.24) is 0 Å². The van der Waals surface area contributed by atoms with Crippen molar-refractivity contribution in [2.24, 2.45) is 0 Å². The van der Waals surface area contributed by atoms with Crippen molar-refractivity contribution in [3.63, 3.8) is 0 Å². The summed E-state index contributed by atoms with van der Waals surface area (Å²) in [7, 11) is 0. The van der Waals surface area contributed by atoms with Crippen molar-refractivity contribution in [3.8, 4) is 0 Å². The fourth-order valence-corrected chi connectivity index (χ4v) is 3.47. The Labute approximate surface area is 141 Å². The molecule has 0 saturated carbocycles. The molecule has 0 bridgehead atoms. The fraction of sp³-hybridized carbons (Fsp3) is 0.500. The molecule has 0 aliphatic carbocycles. The minimum Gasteiger partial charge on any atom is -0.481 e. The number of hydrogen-bond acceptors (Lipinski definition) is 3. The molecule has 0 radical (unpaired) electrons. The molecule has 0 unspecified atom stereocenters. The topological polar surface area (TPSA) is 112 Å². The van der Waals surface area contributed by atoms with Crippen molar-refractivity contribution in [3.05, 3.63) is 33.4 Å². The summed E-state index contributed by atoms with van der Waals surface area (Å²) in [4.78, 5) is 33.9. The van der Waals surface area contributed by atoms with Gasteiger partial charge in [0.2, 0.25) is 0 Å². The van der Waals surface area contributed by atoms with E-state index in [1.165, 1.54) is 0 Å². The van der Waals surface area contributed by atoms with Crippen molar-refractivity contribution in [2.45, 2.75) is 59.3 Å². The Hall–Kier alpha value is -2.37. The van der Waals surface area contributed by atoms with Crippen LogP contribution in [-0.2, 0) is 52.9 Å². The van der Waals surface area contributed by atoms with E-state index in [4.69, 9.17) is 0 Å². The molecule has 3 N–H and O–H groups in total. The highest BCUT2D eigenvalue weighted by Crippen LogP contribution is 2.32. The van der Waals surface area contributed by atoms with Crippen LogP contribution in [0.15, 0.2) is 0 Å². The third-order valence-corrected chi connectivity index (χ3v) is 4.23. The Bertz CT molecular complexity index is 548. The quantitative estimate of drug-likeness (QED) is 0.638. The van der Waals surface area contributed by atoms with Crippen LogP contribution in [0.5, 0.6) is 0 Å². The molecular weight excluding hydrogens is 312 g/mol. The lowest BCUT2D eigenvalue weighted by Gasteiger charge is -2.24. The zero-order valence-corrected chi connectivity index (χ0v) is 14.3. The SMILES string of the molecule is CCc1c(CC(=O)O)c(CC)c(CC(=O)O)c(CC)c1CC(=O)O. The molecule has 0 fully saturated rings. The van der Waals surface area contributed by atoms with Crippen molar-refractivity contribution < 1.29 is 29.7 Å². The molecule has 1 rings (SSSR count). The molecule has 0 atom stereocenters. The summed E-state index contributed by atoms with van der Waals surface area (Å²) in [6.07, 6.45) is 0.858. The minimum absolute atomic E-state index is 0.227. The number of carbonyl (C=O) groups is 3. The summed E-state index contributed by atoms with van der Waals surface area (Å²) in [5.41, 5.74) is 3.96. The van der Waals surface area contributed by atoms with Gasteiger partial charge in [-0.2, -0.15) is 0 Å². The highest BCUT2D eigenvalue weighted by Gasteiger charge is 2.24. The molecule has 6 heteroatoms. The largest absolute Gasteiger partial charge is 0.481 e. The Morgan fingerprint density at radius 3 is 0.875 bits per heavy atom. The predicted octanol–water partition coefficient (Wildman–Crippen LogP) is 2.26. The van der Waals surface area contributed by atoms with Crippen LogP contribution in [0, 0.1) is 0 Å². The number of hydrogen-bond donors (Lipinski definition) is 3. The predicted molar refractivity (Wildman–Crippen MR) is 88.6 cm³/mol. The van der Waals surface area contributed by atoms with Crippen molar-refractivity contribution >= 4 is 17.9 Å². The molecule has 0 aliphatic heterocycles. The molecule has 24 heavy (non-hydrogen) atoms. The highest BCUT2D eigenvalue weighted by atomic mass is 16.4. The standard InChI is InChI=1S/C18H24O6/c1-4-10-13(7-16(19)20)11(5-2)15(9-18(23)24)12(6-3)14(10)8-17(21)22/h4-9H2,1-3H3,(H,19,20)(H,21,22)(H,23,24). The molecular formula is C18H24O6. The second-order valence-corrected chi connectivity index (χ2v) is 5.64. The lowest BCUT2D eigenvalue weighted by atomic mass is 9.80. The van der Waals surface area contributed by atoms with Crippen LogP contribution in [0.4, 0.5) is 0 Å². The molecule has 1 aromatic carbocycles. The average molecular weight is 336 g/mol. The molecule has 0 amide bonds. The van der Waals surface area contributed by atoms with Gasteiger partial charge in [0.25, 0.3) is 0 Å². The monoisotopic (exact) mass is 336 g/mol. The lowest BCUT2D eigenvalue weighted by Crippen LogP contribution is -2.19. The maximum Gasteiger partial charge on any atom is 0.307 e. The Balaban J connectivity index is 3.87. The molecule has 0 spiro atoms. The summed E-state index contributed by atoms with van der Waals surface area (Å²) >= 11 is 0. The van der Waals surface area contributed by atoms with Crippen LogP contribution >= 0.6 is 0 Å². The number of aliphatic carboxylic acids is 3. The van der Waals surface area contributed by atoms with Crippen LogP contribution < -0.4 is 0 Å². The third kappa shape index (κ3) is 4.34. The van der Waals surface area contributed by atoms with Gasteiger partial charge >= 0.3 is 17.9 Å². The first-order valence-corrected chi connectivity index (χ1v) is 8.09.